The molecule has 1 amide bonds. The SMILES string of the molecule is C[C@@H](O/N=C\c1ccc(Cl)cc1)C(=O)Nc1ccccc1C#N. The van der Waals surface area contributed by atoms with Gasteiger partial charge in [0.1, 0.15) is 6.07 Å². The number of carbonyl (C=O) groups excluding carboxylic acids is 1. The van der Waals surface area contributed by atoms with Crippen LogP contribution >= 0.6 is 11.6 Å². The maximum absolute atomic E-state index is 12.0. The van der Waals surface area contributed by atoms with Gasteiger partial charge in [-0.25, -0.2) is 0 Å². The van der Waals surface area contributed by atoms with Crippen molar-refractivity contribution in [2.75, 3.05) is 5.32 Å². The topological polar surface area (TPSA) is 74.5 Å². The molecule has 1 N–H and O–H groups in total. The van der Waals surface area contributed by atoms with E-state index in [1.165, 1.54) is 6.21 Å². The molecule has 0 aliphatic rings. The van der Waals surface area contributed by atoms with Crippen LogP contribution in [-0.4, -0.2) is 18.2 Å². The number of carbonyl (C=O) groups is 1. The number of nitrogens with one attached hydrogen (secondary N) is 1. The highest BCUT2D eigenvalue weighted by Gasteiger charge is 2.15. The minimum atomic E-state index is -0.801. The van der Waals surface area contributed by atoms with Crippen LogP contribution in [0, 0.1) is 11.3 Å². The summed E-state index contributed by atoms with van der Waals surface area (Å²) < 4.78 is 0. The van der Waals surface area contributed by atoms with Gasteiger partial charge in [0.15, 0.2) is 0 Å². The van der Waals surface area contributed by atoms with E-state index in [0.29, 0.717) is 16.3 Å². The molecule has 0 aliphatic heterocycles. The fourth-order valence-corrected chi connectivity index (χ4v) is 1.83. The molecule has 23 heavy (non-hydrogen) atoms. The molecule has 0 radical (unpaired) electrons. The van der Waals surface area contributed by atoms with Crippen molar-refractivity contribution in [2.45, 2.75) is 13.0 Å². The van der Waals surface area contributed by atoms with Crippen molar-refractivity contribution in [3.63, 3.8) is 0 Å². The van der Waals surface area contributed by atoms with Crippen LogP contribution in [0.5, 0.6) is 0 Å². The Morgan fingerprint density at radius 1 is 1.30 bits per heavy atom. The molecule has 0 unspecified atom stereocenters. The van der Waals surface area contributed by atoms with Gasteiger partial charge in [0, 0.05) is 5.02 Å². The summed E-state index contributed by atoms with van der Waals surface area (Å²) in [5.74, 6) is -0.388. The summed E-state index contributed by atoms with van der Waals surface area (Å²) in [4.78, 5) is 17.2. The Kier molecular flexibility index (Phi) is 5.73. The highest BCUT2D eigenvalue weighted by atomic mass is 35.5. The number of benzene rings is 2. The first-order valence-electron chi connectivity index (χ1n) is 6.85. The van der Waals surface area contributed by atoms with Gasteiger partial charge in [0.25, 0.3) is 5.91 Å². The number of anilines is 1. The number of oxime groups is 1. The van der Waals surface area contributed by atoms with Gasteiger partial charge in [-0.3, -0.25) is 4.79 Å². The zero-order valence-electron chi connectivity index (χ0n) is 12.4. The molecule has 0 spiro atoms. The smallest absolute Gasteiger partial charge is 0.268 e. The van der Waals surface area contributed by atoms with Gasteiger partial charge in [-0.1, -0.05) is 41.0 Å². The van der Waals surface area contributed by atoms with E-state index in [1.807, 2.05) is 6.07 Å². The largest absolute Gasteiger partial charge is 0.383 e. The molecule has 5 nitrogen and oxygen atoms in total. The summed E-state index contributed by atoms with van der Waals surface area (Å²) in [6.07, 6.45) is 0.689. The molecule has 0 heterocycles. The van der Waals surface area contributed by atoms with E-state index in [2.05, 4.69) is 10.5 Å². The monoisotopic (exact) mass is 327 g/mol. The molecule has 0 fully saturated rings. The molecular formula is C17H14ClN3O2. The Hall–Kier alpha value is -2.84. The quantitative estimate of drug-likeness (QED) is 0.673. The molecule has 2 rings (SSSR count). The maximum atomic E-state index is 12.0. The molecular weight excluding hydrogens is 314 g/mol. The number of hydrogen-bond acceptors (Lipinski definition) is 4. The van der Waals surface area contributed by atoms with Gasteiger partial charge < -0.3 is 10.2 Å². The van der Waals surface area contributed by atoms with Gasteiger partial charge in [-0.2, -0.15) is 5.26 Å². The normalized spacial score (nSPS) is 11.7. The zero-order chi connectivity index (χ0) is 16.7. The van der Waals surface area contributed by atoms with Crippen LogP contribution in [-0.2, 0) is 9.63 Å². The van der Waals surface area contributed by atoms with E-state index < -0.39 is 6.10 Å². The van der Waals surface area contributed by atoms with Crippen molar-refractivity contribution in [1.82, 2.24) is 0 Å². The number of hydrogen-bond donors (Lipinski definition) is 1. The molecule has 0 saturated heterocycles. The predicted molar refractivity (Wildman–Crippen MR) is 89.4 cm³/mol. The van der Waals surface area contributed by atoms with Crippen LogP contribution < -0.4 is 5.32 Å². The first-order chi connectivity index (χ1) is 11.1. The molecule has 2 aromatic rings. The van der Waals surface area contributed by atoms with Gasteiger partial charge in [-0.05, 0) is 36.8 Å². The molecule has 0 aliphatic carbocycles. The molecule has 0 aromatic heterocycles. The van der Waals surface area contributed by atoms with Crippen molar-refractivity contribution < 1.29 is 9.63 Å². The zero-order valence-corrected chi connectivity index (χ0v) is 13.1. The summed E-state index contributed by atoms with van der Waals surface area (Å²) in [7, 11) is 0. The second kappa shape index (κ2) is 7.97. The van der Waals surface area contributed by atoms with Crippen molar-refractivity contribution in [3.8, 4) is 6.07 Å². The molecule has 0 bridgehead atoms. The number of halogens is 1. The predicted octanol–water partition coefficient (Wildman–Crippen LogP) is 3.59. The van der Waals surface area contributed by atoms with Crippen molar-refractivity contribution >= 4 is 29.4 Å². The van der Waals surface area contributed by atoms with E-state index in [9.17, 15) is 4.79 Å². The number of nitriles is 1. The first kappa shape index (κ1) is 16.5. The lowest BCUT2D eigenvalue weighted by molar-refractivity contribution is -0.126. The third-order valence-electron chi connectivity index (χ3n) is 2.97. The lowest BCUT2D eigenvalue weighted by atomic mass is 10.2. The van der Waals surface area contributed by atoms with E-state index in [0.717, 1.165) is 5.56 Å². The Labute approximate surface area is 139 Å². The number of amides is 1. The minimum Gasteiger partial charge on any atom is -0.383 e. The van der Waals surface area contributed by atoms with Gasteiger partial charge in [0.05, 0.1) is 17.5 Å². The average Bonchev–Trinajstić information content (AvgIpc) is 2.57. The lowest BCUT2D eigenvalue weighted by Crippen LogP contribution is -2.26. The molecule has 2 aromatic carbocycles. The van der Waals surface area contributed by atoms with Crippen LogP contribution in [0.15, 0.2) is 53.7 Å². The number of rotatable bonds is 5. The van der Waals surface area contributed by atoms with Crippen LogP contribution in [0.1, 0.15) is 18.1 Å². The van der Waals surface area contributed by atoms with Crippen LogP contribution in [0.3, 0.4) is 0 Å². The number of para-hydroxylation sites is 1. The molecule has 1 atom stereocenters. The summed E-state index contributed by atoms with van der Waals surface area (Å²) >= 11 is 5.79. The van der Waals surface area contributed by atoms with Crippen molar-refractivity contribution in [1.29, 1.82) is 5.26 Å². The Bertz CT molecular complexity index is 751. The first-order valence-corrected chi connectivity index (χ1v) is 7.22. The molecule has 0 saturated carbocycles. The third-order valence-corrected chi connectivity index (χ3v) is 3.22. The highest BCUT2D eigenvalue weighted by Crippen LogP contribution is 2.14. The van der Waals surface area contributed by atoms with E-state index in [-0.39, 0.29) is 5.91 Å². The van der Waals surface area contributed by atoms with E-state index >= 15 is 0 Å². The van der Waals surface area contributed by atoms with Crippen LogP contribution in [0.2, 0.25) is 5.02 Å². The van der Waals surface area contributed by atoms with Gasteiger partial charge in [-0.15, -0.1) is 0 Å². The standard InChI is InChI=1S/C17H14ClN3O2/c1-12(23-20-11-13-6-8-15(18)9-7-13)17(22)21-16-5-3-2-4-14(16)10-19/h2-9,11-12H,1H3,(H,21,22)/b20-11-/t12-/m1/s1. The van der Waals surface area contributed by atoms with E-state index in [4.69, 9.17) is 21.7 Å². The summed E-state index contributed by atoms with van der Waals surface area (Å²) in [5.41, 5.74) is 1.63. The summed E-state index contributed by atoms with van der Waals surface area (Å²) in [5, 5.41) is 16.0. The minimum absolute atomic E-state index is 0.387. The van der Waals surface area contributed by atoms with Crippen molar-refractivity contribution in [2.24, 2.45) is 5.16 Å². The number of nitrogens with zero attached hydrogens (tertiary/aromatic N) is 2. The third kappa shape index (κ3) is 4.83. The fourth-order valence-electron chi connectivity index (χ4n) is 1.70. The van der Waals surface area contributed by atoms with Crippen LogP contribution in [0.4, 0.5) is 5.69 Å². The van der Waals surface area contributed by atoms with Crippen molar-refractivity contribution in [3.05, 3.63) is 64.7 Å². The Balaban J connectivity index is 1.92. The Morgan fingerprint density at radius 2 is 2.00 bits per heavy atom. The summed E-state index contributed by atoms with van der Waals surface area (Å²) in [6.45, 7) is 1.57. The maximum Gasteiger partial charge on any atom is 0.268 e. The molecule has 6 heteroatoms. The second-order valence-corrected chi connectivity index (χ2v) is 5.12. The average molecular weight is 328 g/mol. The molecule has 116 valence electrons. The fraction of sp³-hybridized carbons (Fsp3) is 0.118. The summed E-state index contributed by atoms with van der Waals surface area (Å²) in [6, 6.07) is 15.8. The second-order valence-electron chi connectivity index (χ2n) is 4.68. The van der Waals surface area contributed by atoms with Crippen LogP contribution in [0.25, 0.3) is 0 Å². The lowest BCUT2D eigenvalue weighted by Gasteiger charge is -2.11. The van der Waals surface area contributed by atoms with E-state index in [1.54, 1.807) is 55.5 Å². The Morgan fingerprint density at radius 3 is 2.70 bits per heavy atom. The van der Waals surface area contributed by atoms with Gasteiger partial charge >= 0.3 is 0 Å². The highest BCUT2D eigenvalue weighted by molar-refractivity contribution is 6.30. The van der Waals surface area contributed by atoms with Gasteiger partial charge in [0.2, 0.25) is 6.10 Å².